The van der Waals surface area contributed by atoms with E-state index in [0.717, 1.165) is 11.3 Å². The van der Waals surface area contributed by atoms with Crippen molar-refractivity contribution in [3.05, 3.63) is 71.7 Å². The molecule has 3 rings (SSSR count). The van der Waals surface area contributed by atoms with Gasteiger partial charge in [-0.2, -0.15) is 0 Å². The lowest BCUT2D eigenvalue weighted by molar-refractivity contribution is 0.102. The second-order valence-electron chi connectivity index (χ2n) is 6.74. The third kappa shape index (κ3) is 4.85. The van der Waals surface area contributed by atoms with E-state index in [1.807, 2.05) is 63.2 Å². The third-order valence-electron chi connectivity index (χ3n) is 3.98. The van der Waals surface area contributed by atoms with Crippen LogP contribution in [0.1, 0.15) is 35.7 Å². The summed E-state index contributed by atoms with van der Waals surface area (Å²) in [6.07, 6.45) is 0.00395. The zero-order valence-electron chi connectivity index (χ0n) is 16.5. The van der Waals surface area contributed by atoms with E-state index in [-0.39, 0.29) is 17.7 Å². The maximum Gasteiger partial charge on any atom is 0.274 e. The highest BCUT2D eigenvalue weighted by atomic mass is 16.5. The van der Waals surface area contributed by atoms with Crippen molar-refractivity contribution in [2.24, 2.45) is 0 Å². The highest BCUT2D eigenvalue weighted by molar-refractivity contribution is 6.04. The van der Waals surface area contributed by atoms with Crippen LogP contribution in [0.4, 0.5) is 17.2 Å². The van der Waals surface area contributed by atoms with Gasteiger partial charge in [-0.25, -0.2) is 9.97 Å². The molecule has 2 N–H and O–H groups in total. The molecule has 0 fully saturated rings. The minimum atomic E-state index is -0.321. The van der Waals surface area contributed by atoms with Crippen molar-refractivity contribution in [3.63, 3.8) is 0 Å². The van der Waals surface area contributed by atoms with Crippen molar-refractivity contribution in [2.45, 2.75) is 33.8 Å². The Kier molecular flexibility index (Phi) is 5.89. The molecule has 0 saturated carbocycles. The number of hydrogen-bond donors (Lipinski definition) is 2. The van der Waals surface area contributed by atoms with Gasteiger partial charge in [0.1, 0.15) is 23.1 Å². The Morgan fingerprint density at radius 2 is 1.64 bits per heavy atom. The zero-order valence-corrected chi connectivity index (χ0v) is 16.5. The summed E-state index contributed by atoms with van der Waals surface area (Å²) in [6, 6.07) is 16.9. The summed E-state index contributed by atoms with van der Waals surface area (Å²) in [6.45, 7) is 7.65. The lowest BCUT2D eigenvalue weighted by atomic mass is 10.2. The van der Waals surface area contributed by atoms with Crippen LogP contribution in [0.5, 0.6) is 5.75 Å². The van der Waals surface area contributed by atoms with Crippen molar-refractivity contribution in [1.82, 2.24) is 9.97 Å². The monoisotopic (exact) mass is 376 g/mol. The molecule has 0 aliphatic heterocycles. The van der Waals surface area contributed by atoms with E-state index < -0.39 is 0 Å². The maximum absolute atomic E-state index is 12.8. The normalized spacial score (nSPS) is 10.6. The molecule has 6 nitrogen and oxygen atoms in total. The first kappa shape index (κ1) is 19.4. The SMILES string of the molecule is Cc1nc(Nc2ccccc2C)cc(C(=O)Nc2ccccc2OC(C)C)n1. The van der Waals surface area contributed by atoms with Gasteiger partial charge in [0.2, 0.25) is 0 Å². The molecule has 0 aliphatic carbocycles. The second-order valence-corrected chi connectivity index (χ2v) is 6.74. The molecule has 0 radical (unpaired) electrons. The fourth-order valence-corrected chi connectivity index (χ4v) is 2.71. The topological polar surface area (TPSA) is 76.1 Å². The van der Waals surface area contributed by atoms with E-state index in [2.05, 4.69) is 20.6 Å². The molecule has 1 aromatic heterocycles. The fourth-order valence-electron chi connectivity index (χ4n) is 2.71. The van der Waals surface area contributed by atoms with E-state index in [9.17, 15) is 4.79 Å². The van der Waals surface area contributed by atoms with Gasteiger partial charge in [0.15, 0.2) is 0 Å². The summed E-state index contributed by atoms with van der Waals surface area (Å²) >= 11 is 0. The molecule has 0 aliphatic rings. The number of anilines is 3. The number of para-hydroxylation sites is 3. The molecule has 144 valence electrons. The Labute approximate surface area is 165 Å². The number of carbonyl (C=O) groups is 1. The molecule has 0 atom stereocenters. The van der Waals surface area contributed by atoms with Crippen LogP contribution in [0.2, 0.25) is 0 Å². The van der Waals surface area contributed by atoms with Gasteiger partial charge in [-0.3, -0.25) is 4.79 Å². The Hall–Kier alpha value is -3.41. The first-order valence-electron chi connectivity index (χ1n) is 9.18. The Balaban J connectivity index is 1.83. The summed E-state index contributed by atoms with van der Waals surface area (Å²) in [5, 5.41) is 6.13. The van der Waals surface area contributed by atoms with Crippen molar-refractivity contribution in [2.75, 3.05) is 10.6 Å². The molecular formula is C22H24N4O2. The zero-order chi connectivity index (χ0) is 20.1. The smallest absolute Gasteiger partial charge is 0.274 e. The molecule has 2 aromatic carbocycles. The number of aryl methyl sites for hydroxylation is 2. The number of amides is 1. The Morgan fingerprint density at radius 3 is 2.36 bits per heavy atom. The lowest BCUT2D eigenvalue weighted by Gasteiger charge is -2.15. The van der Waals surface area contributed by atoms with Crippen LogP contribution in [0.25, 0.3) is 0 Å². The number of nitrogens with zero attached hydrogens (tertiary/aromatic N) is 2. The second kappa shape index (κ2) is 8.52. The van der Waals surface area contributed by atoms with Gasteiger partial charge < -0.3 is 15.4 Å². The molecule has 0 unspecified atom stereocenters. The number of benzene rings is 2. The molecular weight excluding hydrogens is 352 g/mol. The molecule has 6 heteroatoms. The summed E-state index contributed by atoms with van der Waals surface area (Å²) in [5.74, 6) is 1.38. The van der Waals surface area contributed by atoms with E-state index in [4.69, 9.17) is 4.74 Å². The highest BCUT2D eigenvalue weighted by Crippen LogP contribution is 2.26. The van der Waals surface area contributed by atoms with Crippen LogP contribution in [0.15, 0.2) is 54.6 Å². The van der Waals surface area contributed by atoms with Crippen molar-refractivity contribution in [1.29, 1.82) is 0 Å². The van der Waals surface area contributed by atoms with Crippen LogP contribution in [-0.2, 0) is 0 Å². The van der Waals surface area contributed by atoms with Crippen molar-refractivity contribution in [3.8, 4) is 5.75 Å². The lowest BCUT2D eigenvalue weighted by Crippen LogP contribution is -2.17. The van der Waals surface area contributed by atoms with Gasteiger partial charge >= 0.3 is 0 Å². The Morgan fingerprint density at radius 1 is 0.964 bits per heavy atom. The van der Waals surface area contributed by atoms with Gasteiger partial charge in [-0.1, -0.05) is 30.3 Å². The fraction of sp³-hybridized carbons (Fsp3) is 0.227. The van der Waals surface area contributed by atoms with Gasteiger partial charge in [0.05, 0.1) is 11.8 Å². The molecule has 28 heavy (non-hydrogen) atoms. The molecule has 1 amide bonds. The van der Waals surface area contributed by atoms with Gasteiger partial charge in [-0.15, -0.1) is 0 Å². The third-order valence-corrected chi connectivity index (χ3v) is 3.98. The van der Waals surface area contributed by atoms with Crippen LogP contribution in [0.3, 0.4) is 0 Å². The predicted molar refractivity (Wildman–Crippen MR) is 111 cm³/mol. The minimum Gasteiger partial charge on any atom is -0.489 e. The number of aromatic nitrogens is 2. The number of carbonyl (C=O) groups excluding carboxylic acids is 1. The van der Waals surface area contributed by atoms with E-state index in [1.54, 1.807) is 19.1 Å². The summed E-state index contributed by atoms with van der Waals surface area (Å²) in [7, 11) is 0. The van der Waals surface area contributed by atoms with Crippen LogP contribution >= 0.6 is 0 Å². The number of ether oxygens (including phenoxy) is 1. The molecule has 1 heterocycles. The first-order chi connectivity index (χ1) is 13.4. The summed E-state index contributed by atoms with van der Waals surface area (Å²) < 4.78 is 5.76. The van der Waals surface area contributed by atoms with Crippen molar-refractivity contribution < 1.29 is 9.53 Å². The number of rotatable bonds is 6. The first-order valence-corrected chi connectivity index (χ1v) is 9.18. The minimum absolute atomic E-state index is 0.00395. The van der Waals surface area contributed by atoms with E-state index >= 15 is 0 Å². The molecule has 0 spiro atoms. The van der Waals surface area contributed by atoms with Crippen LogP contribution < -0.4 is 15.4 Å². The van der Waals surface area contributed by atoms with Gasteiger partial charge in [0.25, 0.3) is 5.91 Å². The molecule has 0 saturated heterocycles. The number of hydrogen-bond acceptors (Lipinski definition) is 5. The molecule has 3 aromatic rings. The largest absolute Gasteiger partial charge is 0.489 e. The Bertz CT molecular complexity index is 986. The average Bonchev–Trinajstić information content (AvgIpc) is 2.64. The standard InChI is InChI=1S/C22H24N4O2/c1-14(2)28-20-12-8-7-11-18(20)26-22(27)19-13-21(24-16(4)23-19)25-17-10-6-5-9-15(17)3/h5-14H,1-4H3,(H,26,27)(H,23,24,25). The highest BCUT2D eigenvalue weighted by Gasteiger charge is 2.14. The van der Waals surface area contributed by atoms with Crippen molar-refractivity contribution >= 4 is 23.1 Å². The molecule has 0 bridgehead atoms. The van der Waals surface area contributed by atoms with Gasteiger partial charge in [0, 0.05) is 11.8 Å². The van der Waals surface area contributed by atoms with Crippen LogP contribution in [0, 0.1) is 13.8 Å². The van der Waals surface area contributed by atoms with E-state index in [0.29, 0.717) is 23.1 Å². The summed E-state index contributed by atoms with van der Waals surface area (Å²) in [4.78, 5) is 21.5. The quantitative estimate of drug-likeness (QED) is 0.641. The summed E-state index contributed by atoms with van der Waals surface area (Å²) in [5.41, 5.74) is 2.90. The van der Waals surface area contributed by atoms with Gasteiger partial charge in [-0.05, 0) is 51.5 Å². The van der Waals surface area contributed by atoms with E-state index in [1.165, 1.54) is 0 Å². The maximum atomic E-state index is 12.8. The average molecular weight is 376 g/mol. The van der Waals surface area contributed by atoms with Crippen LogP contribution in [-0.4, -0.2) is 22.0 Å². The number of nitrogens with one attached hydrogen (secondary N) is 2. The predicted octanol–water partition coefficient (Wildman–Crippen LogP) is 4.88.